The van der Waals surface area contributed by atoms with Gasteiger partial charge in [0.15, 0.2) is 12.1 Å². The van der Waals surface area contributed by atoms with Gasteiger partial charge in [0, 0.05) is 0 Å². The molecule has 0 aliphatic heterocycles. The average Bonchev–Trinajstić information content (AvgIpc) is 2.50. The molecule has 12 heteroatoms. The Bertz CT molecular complexity index is 399. The number of aliphatic hydroxyl groups is 6. The molecule has 0 fully saturated rings. The minimum Gasteiger partial charge on any atom is -0.381 e. The van der Waals surface area contributed by atoms with Crippen LogP contribution in [0.1, 0.15) is 12.1 Å². The molecule has 0 amide bonds. The number of hydrogen-bond acceptors (Lipinski definition) is 12. The third-order valence-electron chi connectivity index (χ3n) is 2.41. The van der Waals surface area contributed by atoms with Gasteiger partial charge in [0.1, 0.15) is 26.9 Å². The Kier molecular flexibility index (Phi) is 7.10. The minimum absolute atomic E-state index is 0.189. The van der Waals surface area contributed by atoms with E-state index in [0.717, 1.165) is 9.80 Å². The molecule has 1 aromatic heterocycles. The Morgan fingerprint density at radius 3 is 1.57 bits per heavy atom. The molecule has 1 atom stereocenters. The number of nitrogens with zero attached hydrogens (tertiary/aromatic N) is 5. The topological polar surface area (TPSA) is 179 Å². The summed E-state index contributed by atoms with van der Waals surface area (Å²) in [5, 5.41) is 57.0. The second kappa shape index (κ2) is 8.58. The highest BCUT2D eigenvalue weighted by molar-refractivity contribution is 5.38. The fourth-order valence-electron chi connectivity index (χ4n) is 1.29. The van der Waals surface area contributed by atoms with Crippen molar-refractivity contribution in [2.45, 2.75) is 6.23 Å². The van der Waals surface area contributed by atoms with Gasteiger partial charge in [0.25, 0.3) is 0 Å². The lowest BCUT2D eigenvalue weighted by molar-refractivity contribution is 0.0903. The van der Waals surface area contributed by atoms with E-state index in [1.165, 1.54) is 0 Å². The molecule has 1 rings (SSSR count). The molecule has 0 aliphatic rings. The second-order valence-electron chi connectivity index (χ2n) is 3.70. The van der Waals surface area contributed by atoms with Gasteiger partial charge in [-0.3, -0.25) is 15.1 Å². The number of aromatic nitrogens is 3. The van der Waals surface area contributed by atoms with Gasteiger partial charge >= 0.3 is 0 Å². The first-order valence-electron chi connectivity index (χ1n) is 5.82. The maximum absolute atomic E-state index is 9.71. The summed E-state index contributed by atoms with van der Waals surface area (Å²) >= 11 is 0. The van der Waals surface area contributed by atoms with E-state index in [1.807, 2.05) is 0 Å². The van der Waals surface area contributed by atoms with Gasteiger partial charge in [0.05, 0.1) is 6.73 Å². The first-order chi connectivity index (χ1) is 10.1. The molecule has 1 unspecified atom stereocenters. The molecular formula is C9H18N6O6. The van der Waals surface area contributed by atoms with Crippen molar-refractivity contribution in [1.29, 1.82) is 0 Å². The van der Waals surface area contributed by atoms with E-state index in [4.69, 9.17) is 25.5 Å². The normalized spacial score (nSPS) is 12.3. The Morgan fingerprint density at radius 2 is 1.24 bits per heavy atom. The van der Waals surface area contributed by atoms with E-state index < -0.39 is 39.9 Å². The molecule has 0 spiro atoms. The molecule has 0 aliphatic carbocycles. The van der Waals surface area contributed by atoms with Crippen molar-refractivity contribution < 1.29 is 30.6 Å². The first-order valence-corrected chi connectivity index (χ1v) is 5.82. The van der Waals surface area contributed by atoms with Crippen LogP contribution in [0.5, 0.6) is 0 Å². The molecule has 12 nitrogen and oxygen atoms in total. The molecule has 0 radical (unpaired) electrons. The lowest BCUT2D eigenvalue weighted by Gasteiger charge is -2.22. The van der Waals surface area contributed by atoms with Gasteiger partial charge in [-0.1, -0.05) is 0 Å². The summed E-state index contributed by atoms with van der Waals surface area (Å²) in [6.07, 6.45) is -1.45. The summed E-state index contributed by atoms with van der Waals surface area (Å²) in [4.78, 5) is 13.4. The van der Waals surface area contributed by atoms with Gasteiger partial charge in [0.2, 0.25) is 11.9 Å². The quantitative estimate of drug-likeness (QED) is 0.219. The highest BCUT2D eigenvalue weighted by Crippen LogP contribution is 2.16. The Hall–Kier alpha value is -1.67. The molecule has 120 valence electrons. The minimum atomic E-state index is -1.45. The van der Waals surface area contributed by atoms with Crippen molar-refractivity contribution >= 4 is 11.9 Å². The fraction of sp³-hybridized carbons (Fsp3) is 0.667. The zero-order chi connectivity index (χ0) is 15.8. The predicted molar refractivity (Wildman–Crippen MR) is 68.3 cm³/mol. The molecule has 0 bridgehead atoms. The zero-order valence-electron chi connectivity index (χ0n) is 11.0. The number of hydrogen-bond donors (Lipinski definition) is 7. The van der Waals surface area contributed by atoms with Crippen molar-refractivity contribution in [2.24, 2.45) is 0 Å². The third-order valence-corrected chi connectivity index (χ3v) is 2.41. The van der Waals surface area contributed by atoms with E-state index in [2.05, 4.69) is 20.3 Å². The molecular weight excluding hydrogens is 288 g/mol. The molecule has 0 saturated carbocycles. The van der Waals surface area contributed by atoms with E-state index >= 15 is 0 Å². The lowest BCUT2D eigenvalue weighted by atomic mass is 10.5. The summed E-state index contributed by atoms with van der Waals surface area (Å²) < 4.78 is 0. The molecule has 7 N–H and O–H groups in total. The lowest BCUT2D eigenvalue weighted by Crippen LogP contribution is -2.33. The van der Waals surface area contributed by atoms with Crippen LogP contribution in [0.4, 0.5) is 11.9 Å². The van der Waals surface area contributed by atoms with Crippen molar-refractivity contribution in [3.8, 4) is 0 Å². The van der Waals surface area contributed by atoms with Gasteiger partial charge in [-0.05, 0) is 0 Å². The third kappa shape index (κ3) is 4.40. The van der Waals surface area contributed by atoms with Crippen LogP contribution in [0.15, 0.2) is 0 Å². The smallest absolute Gasteiger partial charge is 0.234 e. The maximum Gasteiger partial charge on any atom is 0.234 e. The molecule has 0 aromatic carbocycles. The molecule has 1 heterocycles. The summed E-state index contributed by atoms with van der Waals surface area (Å²) in [6, 6.07) is 0. The number of rotatable bonds is 9. The number of nitrogens with one attached hydrogen (secondary N) is 1. The van der Waals surface area contributed by atoms with Crippen LogP contribution in [0.2, 0.25) is 0 Å². The summed E-state index contributed by atoms with van der Waals surface area (Å²) in [5.41, 5.74) is 0. The van der Waals surface area contributed by atoms with Crippen LogP contribution >= 0.6 is 0 Å². The van der Waals surface area contributed by atoms with E-state index in [1.54, 1.807) is 0 Å². The Balaban J connectivity index is 3.24. The molecule has 0 saturated heterocycles. The van der Waals surface area contributed by atoms with Gasteiger partial charge < -0.3 is 30.6 Å². The highest BCUT2D eigenvalue weighted by atomic mass is 16.3. The highest BCUT2D eigenvalue weighted by Gasteiger charge is 2.19. The Morgan fingerprint density at radius 1 is 0.810 bits per heavy atom. The average molecular weight is 306 g/mol. The standard InChI is InChI=1S/C9H18N6O6/c16-1-10-7(21)6-11-8(14(2-17)3-18)13-9(12-6)15(4-19)5-20/h7,10,16-21H,1-5H2. The maximum atomic E-state index is 9.71. The fourth-order valence-corrected chi connectivity index (χ4v) is 1.29. The van der Waals surface area contributed by atoms with Gasteiger partial charge in [-0.15, -0.1) is 0 Å². The second-order valence-corrected chi connectivity index (χ2v) is 3.70. The van der Waals surface area contributed by atoms with Gasteiger partial charge in [-0.25, -0.2) is 0 Å². The largest absolute Gasteiger partial charge is 0.381 e. The van der Waals surface area contributed by atoms with E-state index in [9.17, 15) is 5.11 Å². The summed E-state index contributed by atoms with van der Waals surface area (Å²) in [7, 11) is 0. The van der Waals surface area contributed by atoms with Crippen LogP contribution in [0, 0.1) is 0 Å². The van der Waals surface area contributed by atoms with Crippen molar-refractivity contribution in [1.82, 2.24) is 20.3 Å². The van der Waals surface area contributed by atoms with Crippen LogP contribution in [-0.4, -0.2) is 79.2 Å². The first kappa shape index (κ1) is 17.4. The van der Waals surface area contributed by atoms with Gasteiger partial charge in [-0.2, -0.15) is 15.0 Å². The van der Waals surface area contributed by atoms with Crippen molar-refractivity contribution in [3.05, 3.63) is 5.82 Å². The summed E-state index contributed by atoms with van der Waals surface area (Å²) in [5.74, 6) is -0.612. The molecule has 21 heavy (non-hydrogen) atoms. The summed E-state index contributed by atoms with van der Waals surface area (Å²) in [6.45, 7) is -2.99. The van der Waals surface area contributed by atoms with Crippen LogP contribution in [0.25, 0.3) is 0 Å². The monoisotopic (exact) mass is 306 g/mol. The van der Waals surface area contributed by atoms with Crippen LogP contribution in [0.3, 0.4) is 0 Å². The van der Waals surface area contributed by atoms with Crippen molar-refractivity contribution in [3.63, 3.8) is 0 Å². The predicted octanol–water partition coefficient (Wildman–Crippen LogP) is -4.19. The van der Waals surface area contributed by atoms with Crippen molar-refractivity contribution in [2.75, 3.05) is 43.5 Å². The Labute approximate surface area is 119 Å². The zero-order valence-corrected chi connectivity index (χ0v) is 11.0. The van der Waals surface area contributed by atoms with E-state index in [-0.39, 0.29) is 17.7 Å². The molecule has 1 aromatic rings. The van der Waals surface area contributed by atoms with E-state index in [0.29, 0.717) is 0 Å². The number of anilines is 2. The number of aliphatic hydroxyl groups excluding tert-OH is 6. The SMILES string of the molecule is OCNC(O)c1nc(N(CO)CO)nc(N(CO)CO)n1. The van der Waals surface area contributed by atoms with Crippen LogP contribution in [-0.2, 0) is 0 Å². The van der Waals surface area contributed by atoms with Crippen LogP contribution < -0.4 is 15.1 Å².